The van der Waals surface area contributed by atoms with Gasteiger partial charge in [0.2, 0.25) is 0 Å². The van der Waals surface area contributed by atoms with Crippen LogP contribution in [0.4, 0.5) is 8.78 Å². The molecule has 1 aromatic carbocycles. The Morgan fingerprint density at radius 3 is 2.47 bits per heavy atom. The Morgan fingerprint density at radius 1 is 1.40 bits per heavy atom. The zero-order valence-electron chi connectivity index (χ0n) is 8.06. The molecule has 0 aliphatic rings. The summed E-state index contributed by atoms with van der Waals surface area (Å²) in [5, 5.41) is 11.3. The maximum atomic E-state index is 13.3. The Hall–Kier alpha value is -1.73. The second kappa shape index (κ2) is 5.23. The Balaban J connectivity index is 2.89. The van der Waals surface area contributed by atoms with Gasteiger partial charge in [0.1, 0.15) is 11.6 Å². The summed E-state index contributed by atoms with van der Waals surface area (Å²) in [6.07, 6.45) is 1.60. The first-order chi connectivity index (χ1) is 7.19. The zero-order valence-corrected chi connectivity index (χ0v) is 8.06. The van der Waals surface area contributed by atoms with E-state index >= 15 is 0 Å². The molecule has 0 saturated heterocycles. The monoisotopic (exact) mass is 208 g/mol. The lowest BCUT2D eigenvalue weighted by molar-refractivity contribution is 0.541. The van der Waals surface area contributed by atoms with Gasteiger partial charge in [0.05, 0.1) is 11.6 Å². The van der Waals surface area contributed by atoms with Gasteiger partial charge in [-0.25, -0.2) is 8.78 Å². The van der Waals surface area contributed by atoms with Gasteiger partial charge in [-0.3, -0.25) is 0 Å². The minimum atomic E-state index is -0.705. The van der Waals surface area contributed by atoms with E-state index in [1.54, 1.807) is 12.1 Å². The summed E-state index contributed by atoms with van der Waals surface area (Å²) in [4.78, 5) is 0. The second-order valence-electron chi connectivity index (χ2n) is 2.95. The van der Waals surface area contributed by atoms with E-state index in [-0.39, 0.29) is 17.7 Å². The lowest BCUT2D eigenvalue weighted by Crippen LogP contribution is -2.15. The Kier molecular flexibility index (Phi) is 3.95. The van der Waals surface area contributed by atoms with Gasteiger partial charge in [-0.15, -0.1) is 6.58 Å². The van der Waals surface area contributed by atoms with Gasteiger partial charge < -0.3 is 5.32 Å². The summed E-state index contributed by atoms with van der Waals surface area (Å²) in [6.45, 7) is 4.02. The molecule has 0 spiro atoms. The van der Waals surface area contributed by atoms with Crippen molar-refractivity contribution in [3.63, 3.8) is 0 Å². The molecule has 78 valence electrons. The lowest BCUT2D eigenvalue weighted by atomic mass is 10.1. The summed E-state index contributed by atoms with van der Waals surface area (Å²) in [5.41, 5.74) is -0.0756. The van der Waals surface area contributed by atoms with Crippen molar-refractivity contribution in [1.82, 2.24) is 5.32 Å². The van der Waals surface area contributed by atoms with Gasteiger partial charge in [0.25, 0.3) is 0 Å². The minimum Gasteiger partial charge on any atom is -0.309 e. The molecule has 0 aliphatic heterocycles. The van der Waals surface area contributed by atoms with Crippen molar-refractivity contribution < 1.29 is 8.78 Å². The minimum absolute atomic E-state index is 0.0162. The number of benzene rings is 1. The number of hydrogen-bond acceptors (Lipinski definition) is 2. The highest BCUT2D eigenvalue weighted by Crippen LogP contribution is 2.14. The van der Waals surface area contributed by atoms with E-state index in [1.165, 1.54) is 0 Å². The van der Waals surface area contributed by atoms with Crippen molar-refractivity contribution in [2.75, 3.05) is 6.54 Å². The van der Waals surface area contributed by atoms with Crippen molar-refractivity contribution in [1.29, 1.82) is 5.26 Å². The van der Waals surface area contributed by atoms with Crippen LogP contribution in [0.5, 0.6) is 0 Å². The van der Waals surface area contributed by atoms with Crippen LogP contribution in [0.25, 0.3) is 0 Å². The van der Waals surface area contributed by atoms with Crippen molar-refractivity contribution in [2.24, 2.45) is 0 Å². The van der Waals surface area contributed by atoms with Crippen LogP contribution in [0.3, 0.4) is 0 Å². The van der Waals surface area contributed by atoms with E-state index in [1.807, 2.05) is 0 Å². The van der Waals surface area contributed by atoms with E-state index in [9.17, 15) is 8.78 Å². The highest BCUT2D eigenvalue weighted by molar-refractivity contribution is 5.34. The molecule has 0 heterocycles. The van der Waals surface area contributed by atoms with Crippen LogP contribution in [0.2, 0.25) is 0 Å². The van der Waals surface area contributed by atoms with Gasteiger partial charge in [-0.1, -0.05) is 6.08 Å². The van der Waals surface area contributed by atoms with Gasteiger partial charge in [-0.05, 0) is 12.1 Å². The summed E-state index contributed by atoms with van der Waals surface area (Å²) in [7, 11) is 0. The predicted molar refractivity (Wildman–Crippen MR) is 53.0 cm³/mol. The predicted octanol–water partition coefficient (Wildman–Crippen LogP) is 2.11. The zero-order chi connectivity index (χ0) is 11.3. The molecule has 1 rings (SSSR count). The first-order valence-corrected chi connectivity index (χ1v) is 4.38. The molecule has 15 heavy (non-hydrogen) atoms. The Morgan fingerprint density at radius 2 is 2.00 bits per heavy atom. The molecule has 0 bridgehead atoms. The molecule has 0 unspecified atom stereocenters. The second-order valence-corrected chi connectivity index (χ2v) is 2.95. The highest BCUT2D eigenvalue weighted by Gasteiger charge is 2.10. The average Bonchev–Trinajstić information content (AvgIpc) is 2.22. The quantitative estimate of drug-likeness (QED) is 0.607. The Bertz CT molecular complexity index is 385. The molecular formula is C11H10F2N2. The largest absolute Gasteiger partial charge is 0.309 e. The van der Waals surface area contributed by atoms with E-state index in [0.717, 1.165) is 12.1 Å². The molecule has 1 N–H and O–H groups in total. The fraction of sp³-hybridized carbons (Fsp3) is 0.182. The molecule has 1 aromatic rings. The molecule has 0 aromatic heterocycles. The van der Waals surface area contributed by atoms with Crippen molar-refractivity contribution in [2.45, 2.75) is 6.54 Å². The Labute approximate surface area is 86.8 Å². The molecule has 0 radical (unpaired) electrons. The van der Waals surface area contributed by atoms with Crippen molar-refractivity contribution >= 4 is 0 Å². The number of hydrogen-bond donors (Lipinski definition) is 1. The van der Waals surface area contributed by atoms with Crippen LogP contribution in [0.15, 0.2) is 24.8 Å². The third-order valence-corrected chi connectivity index (χ3v) is 1.86. The third kappa shape index (κ3) is 2.86. The summed E-state index contributed by atoms with van der Waals surface area (Å²) >= 11 is 0. The summed E-state index contributed by atoms with van der Waals surface area (Å²) in [6, 6.07) is 3.73. The van der Waals surface area contributed by atoms with E-state index in [4.69, 9.17) is 5.26 Å². The smallest absolute Gasteiger partial charge is 0.131 e. The topological polar surface area (TPSA) is 35.8 Å². The molecule has 0 saturated carbocycles. The SMILES string of the molecule is C=CCNCc1c(F)cc(C#N)cc1F. The van der Waals surface area contributed by atoms with Gasteiger partial charge in [-0.2, -0.15) is 5.26 Å². The first kappa shape index (κ1) is 11.3. The van der Waals surface area contributed by atoms with Crippen LogP contribution >= 0.6 is 0 Å². The number of nitrogens with one attached hydrogen (secondary N) is 1. The van der Waals surface area contributed by atoms with Gasteiger partial charge in [0, 0.05) is 18.7 Å². The summed E-state index contributed by atoms with van der Waals surface area (Å²) in [5.74, 6) is -1.41. The van der Waals surface area contributed by atoms with Crippen molar-refractivity contribution in [3.8, 4) is 6.07 Å². The van der Waals surface area contributed by atoms with Gasteiger partial charge in [0.15, 0.2) is 0 Å². The molecule has 0 aliphatic carbocycles. The fourth-order valence-electron chi connectivity index (χ4n) is 1.14. The highest BCUT2D eigenvalue weighted by atomic mass is 19.1. The maximum Gasteiger partial charge on any atom is 0.131 e. The van der Waals surface area contributed by atoms with Crippen LogP contribution in [0, 0.1) is 23.0 Å². The number of nitriles is 1. The molecular weight excluding hydrogens is 198 g/mol. The van der Waals surface area contributed by atoms with E-state index < -0.39 is 11.6 Å². The average molecular weight is 208 g/mol. The summed E-state index contributed by atoms with van der Waals surface area (Å²) < 4.78 is 26.5. The fourth-order valence-corrected chi connectivity index (χ4v) is 1.14. The molecule has 0 amide bonds. The van der Waals surface area contributed by atoms with E-state index in [0.29, 0.717) is 6.54 Å². The molecule has 2 nitrogen and oxygen atoms in total. The van der Waals surface area contributed by atoms with Crippen LogP contribution in [-0.2, 0) is 6.54 Å². The first-order valence-electron chi connectivity index (χ1n) is 4.38. The normalized spacial score (nSPS) is 9.67. The molecule has 0 fully saturated rings. The third-order valence-electron chi connectivity index (χ3n) is 1.86. The van der Waals surface area contributed by atoms with Crippen LogP contribution in [0.1, 0.15) is 11.1 Å². The van der Waals surface area contributed by atoms with Crippen molar-refractivity contribution in [3.05, 3.63) is 47.5 Å². The number of nitrogens with zero attached hydrogens (tertiary/aromatic N) is 1. The van der Waals surface area contributed by atoms with E-state index in [2.05, 4.69) is 11.9 Å². The molecule has 0 atom stereocenters. The lowest BCUT2D eigenvalue weighted by Gasteiger charge is -2.05. The standard InChI is InChI=1S/C11H10F2N2/c1-2-3-15-7-9-10(12)4-8(6-14)5-11(9)13/h2,4-5,15H,1,3,7H2. The maximum absolute atomic E-state index is 13.3. The molecule has 4 heteroatoms. The van der Waals surface area contributed by atoms with Gasteiger partial charge >= 0.3 is 0 Å². The number of rotatable bonds is 4. The van der Waals surface area contributed by atoms with Crippen LogP contribution in [-0.4, -0.2) is 6.54 Å². The number of halogens is 2. The van der Waals surface area contributed by atoms with Crippen LogP contribution < -0.4 is 5.32 Å².